The lowest BCUT2D eigenvalue weighted by atomic mass is 9.98. The summed E-state index contributed by atoms with van der Waals surface area (Å²) in [5.41, 5.74) is 5.28. The van der Waals surface area contributed by atoms with E-state index in [9.17, 15) is 14.4 Å². The van der Waals surface area contributed by atoms with Crippen LogP contribution in [0.2, 0.25) is 0 Å². The molecule has 134 valence electrons. The Morgan fingerprint density at radius 3 is 2.32 bits per heavy atom. The molecule has 1 aromatic heterocycles. The average Bonchev–Trinajstić information content (AvgIpc) is 2.58. The molecule has 1 heterocycles. The molecule has 25 heavy (non-hydrogen) atoms. The van der Waals surface area contributed by atoms with Crippen molar-refractivity contribution in [1.29, 1.82) is 0 Å². The van der Waals surface area contributed by atoms with Crippen molar-refractivity contribution < 1.29 is 9.59 Å². The molecule has 0 radical (unpaired) electrons. The minimum absolute atomic E-state index is 0.108. The summed E-state index contributed by atoms with van der Waals surface area (Å²) in [6, 6.07) is 5.81. The van der Waals surface area contributed by atoms with E-state index < -0.39 is 17.9 Å². The van der Waals surface area contributed by atoms with E-state index in [0.717, 1.165) is 0 Å². The zero-order chi connectivity index (χ0) is 18.7. The zero-order valence-electron chi connectivity index (χ0n) is 14.9. The van der Waals surface area contributed by atoms with Gasteiger partial charge in [-0.3, -0.25) is 14.4 Å². The summed E-state index contributed by atoms with van der Waals surface area (Å²) in [4.78, 5) is 37.0. The molecule has 0 fully saturated rings. The summed E-state index contributed by atoms with van der Waals surface area (Å²) >= 11 is 0. The monoisotopic (exact) mass is 344 g/mol. The second-order valence-electron chi connectivity index (χ2n) is 6.48. The Hall–Kier alpha value is -2.70. The number of nitrogens with zero attached hydrogens (tertiary/aromatic N) is 2. The molecular formula is C18H24N4O3. The molecule has 1 aromatic carbocycles. The molecular weight excluding hydrogens is 320 g/mol. The van der Waals surface area contributed by atoms with Crippen molar-refractivity contribution in [2.24, 2.45) is 11.7 Å². The van der Waals surface area contributed by atoms with E-state index in [1.54, 1.807) is 24.3 Å². The lowest BCUT2D eigenvalue weighted by Gasteiger charge is -2.21. The van der Waals surface area contributed by atoms with Crippen LogP contribution in [0.25, 0.3) is 10.8 Å². The van der Waals surface area contributed by atoms with Gasteiger partial charge in [0, 0.05) is 5.39 Å². The third-order valence-electron chi connectivity index (χ3n) is 4.34. The van der Waals surface area contributed by atoms with E-state index >= 15 is 0 Å². The molecule has 0 aliphatic heterocycles. The molecule has 2 rings (SSSR count). The van der Waals surface area contributed by atoms with Crippen LogP contribution in [-0.4, -0.2) is 27.6 Å². The van der Waals surface area contributed by atoms with Crippen LogP contribution in [0, 0.1) is 5.92 Å². The zero-order valence-corrected chi connectivity index (χ0v) is 14.9. The Balaban J connectivity index is 2.56. The first-order valence-electron chi connectivity index (χ1n) is 8.39. The van der Waals surface area contributed by atoms with Gasteiger partial charge in [0.2, 0.25) is 5.91 Å². The Bertz CT molecular complexity index is 857. The summed E-state index contributed by atoms with van der Waals surface area (Å²) in [5.74, 6) is -1.22. The molecule has 0 bridgehead atoms. The molecule has 0 saturated heterocycles. The summed E-state index contributed by atoms with van der Waals surface area (Å²) in [7, 11) is 0. The highest BCUT2D eigenvalue weighted by atomic mass is 16.2. The van der Waals surface area contributed by atoms with Gasteiger partial charge in [0.15, 0.2) is 5.69 Å². The van der Waals surface area contributed by atoms with Crippen molar-refractivity contribution in [2.45, 2.75) is 46.2 Å². The number of fused-ring (bicyclic) bond motifs is 1. The highest BCUT2D eigenvalue weighted by Crippen LogP contribution is 2.16. The van der Waals surface area contributed by atoms with Crippen molar-refractivity contribution in [3.05, 3.63) is 40.3 Å². The fourth-order valence-electron chi connectivity index (χ4n) is 2.66. The van der Waals surface area contributed by atoms with Crippen LogP contribution in [0.3, 0.4) is 0 Å². The quantitative estimate of drug-likeness (QED) is 0.830. The van der Waals surface area contributed by atoms with Gasteiger partial charge in [-0.15, -0.1) is 0 Å². The summed E-state index contributed by atoms with van der Waals surface area (Å²) < 4.78 is 1.28. The number of primary amides is 1. The Kier molecular flexibility index (Phi) is 5.56. The van der Waals surface area contributed by atoms with Gasteiger partial charge in [0.05, 0.1) is 11.4 Å². The van der Waals surface area contributed by atoms with Gasteiger partial charge in [0.25, 0.3) is 11.5 Å². The van der Waals surface area contributed by atoms with Crippen LogP contribution in [0.1, 0.15) is 50.6 Å². The molecule has 0 aliphatic carbocycles. The number of nitrogens with two attached hydrogens (primary N) is 1. The number of hydrogen-bond acceptors (Lipinski definition) is 4. The SMILES string of the molecule is CCC(C)C(NC(=O)c1nn(C(C)C)c(=O)c2ccccc12)C(N)=O. The third kappa shape index (κ3) is 3.70. The Morgan fingerprint density at radius 1 is 1.20 bits per heavy atom. The van der Waals surface area contributed by atoms with Crippen LogP contribution in [0.5, 0.6) is 0 Å². The predicted octanol–water partition coefficient (Wildman–Crippen LogP) is 1.61. The number of carbonyl (C=O) groups is 2. The second-order valence-corrected chi connectivity index (χ2v) is 6.48. The van der Waals surface area contributed by atoms with Gasteiger partial charge in [-0.05, 0) is 25.8 Å². The number of rotatable bonds is 6. The van der Waals surface area contributed by atoms with E-state index in [1.165, 1.54) is 4.68 Å². The molecule has 2 aromatic rings. The standard InChI is InChI=1S/C18H24N4O3/c1-5-11(4)14(16(19)23)20-17(24)15-12-8-6-7-9-13(12)18(25)22(21-15)10(2)3/h6-11,14H,5H2,1-4H3,(H2,19,23)(H,20,24). The summed E-state index contributed by atoms with van der Waals surface area (Å²) in [6.07, 6.45) is 0.688. The van der Waals surface area contributed by atoms with Gasteiger partial charge in [-0.1, -0.05) is 38.5 Å². The number of hydrogen-bond donors (Lipinski definition) is 2. The van der Waals surface area contributed by atoms with E-state index in [4.69, 9.17) is 5.73 Å². The largest absolute Gasteiger partial charge is 0.368 e. The predicted molar refractivity (Wildman–Crippen MR) is 96.3 cm³/mol. The van der Waals surface area contributed by atoms with Crippen LogP contribution >= 0.6 is 0 Å². The molecule has 2 amide bonds. The minimum atomic E-state index is -0.794. The topological polar surface area (TPSA) is 107 Å². The van der Waals surface area contributed by atoms with Crippen molar-refractivity contribution in [3.63, 3.8) is 0 Å². The normalized spacial score (nSPS) is 13.6. The molecule has 0 aliphatic rings. The van der Waals surface area contributed by atoms with Crippen LogP contribution in [0.4, 0.5) is 0 Å². The van der Waals surface area contributed by atoms with Gasteiger partial charge >= 0.3 is 0 Å². The highest BCUT2D eigenvalue weighted by molar-refractivity contribution is 6.06. The number of carbonyl (C=O) groups excluding carboxylic acids is 2. The maximum atomic E-state index is 12.8. The fourth-order valence-corrected chi connectivity index (χ4v) is 2.66. The number of benzene rings is 1. The van der Waals surface area contributed by atoms with Crippen molar-refractivity contribution >= 4 is 22.6 Å². The maximum Gasteiger partial charge on any atom is 0.274 e. The summed E-state index contributed by atoms with van der Waals surface area (Å²) in [6.45, 7) is 7.39. The van der Waals surface area contributed by atoms with Gasteiger partial charge in [0.1, 0.15) is 6.04 Å². The Labute approximate surface area is 146 Å². The lowest BCUT2D eigenvalue weighted by Crippen LogP contribution is -2.48. The smallest absolute Gasteiger partial charge is 0.274 e. The van der Waals surface area contributed by atoms with Crippen molar-refractivity contribution in [3.8, 4) is 0 Å². The van der Waals surface area contributed by atoms with Gasteiger partial charge in [-0.25, -0.2) is 4.68 Å². The van der Waals surface area contributed by atoms with E-state index in [2.05, 4.69) is 10.4 Å². The molecule has 2 unspecified atom stereocenters. The van der Waals surface area contributed by atoms with Crippen LogP contribution in [-0.2, 0) is 4.79 Å². The van der Waals surface area contributed by atoms with E-state index in [1.807, 2.05) is 27.7 Å². The third-order valence-corrected chi connectivity index (χ3v) is 4.34. The van der Waals surface area contributed by atoms with Gasteiger partial charge in [-0.2, -0.15) is 5.10 Å². The average molecular weight is 344 g/mol. The molecule has 0 spiro atoms. The lowest BCUT2D eigenvalue weighted by molar-refractivity contribution is -0.120. The number of amides is 2. The minimum Gasteiger partial charge on any atom is -0.368 e. The van der Waals surface area contributed by atoms with Crippen molar-refractivity contribution in [2.75, 3.05) is 0 Å². The first-order valence-corrected chi connectivity index (χ1v) is 8.39. The van der Waals surface area contributed by atoms with E-state index in [-0.39, 0.29) is 23.2 Å². The first-order chi connectivity index (χ1) is 11.8. The number of aromatic nitrogens is 2. The highest BCUT2D eigenvalue weighted by Gasteiger charge is 2.26. The first kappa shape index (κ1) is 18.6. The summed E-state index contributed by atoms with van der Waals surface area (Å²) in [5, 5.41) is 7.77. The second kappa shape index (κ2) is 7.46. The van der Waals surface area contributed by atoms with Crippen molar-refractivity contribution in [1.82, 2.24) is 15.1 Å². The fraction of sp³-hybridized carbons (Fsp3) is 0.444. The molecule has 3 N–H and O–H groups in total. The van der Waals surface area contributed by atoms with Gasteiger partial charge < -0.3 is 11.1 Å². The molecule has 0 saturated carbocycles. The maximum absolute atomic E-state index is 12.8. The van der Waals surface area contributed by atoms with Crippen LogP contribution in [0.15, 0.2) is 29.1 Å². The Morgan fingerprint density at radius 2 is 1.80 bits per heavy atom. The van der Waals surface area contributed by atoms with E-state index in [0.29, 0.717) is 17.2 Å². The van der Waals surface area contributed by atoms with Crippen LogP contribution < -0.4 is 16.6 Å². The molecule has 7 nitrogen and oxygen atoms in total. The molecule has 7 heteroatoms. The number of nitrogens with one attached hydrogen (secondary N) is 1. The molecule has 2 atom stereocenters.